The van der Waals surface area contributed by atoms with Crippen LogP contribution in [0.1, 0.15) is 0 Å². The number of hydrogen-bond donors (Lipinski definition) is 0. The minimum atomic E-state index is 0.653. The Balaban J connectivity index is 2.00. The molecule has 0 N–H and O–H groups in total. The molecular formula is C3H6BO2. The molecule has 0 aromatic heterocycles. The highest BCUT2D eigenvalue weighted by atomic mass is 16.5. The fourth-order valence-electron chi connectivity index (χ4n) is 0.370. The summed E-state index contributed by atoms with van der Waals surface area (Å²) in [6.45, 7) is 2.12. The lowest BCUT2D eigenvalue weighted by Gasteiger charge is -2.08. The van der Waals surface area contributed by atoms with Gasteiger partial charge in [0.15, 0.2) is 0 Å². The van der Waals surface area contributed by atoms with Gasteiger partial charge in [0.25, 0.3) is 0 Å². The zero-order valence-electron chi connectivity index (χ0n) is 3.52. The molecule has 0 bridgehead atoms. The van der Waals surface area contributed by atoms with Gasteiger partial charge >= 0.3 is 7.48 Å². The molecule has 1 radical (unpaired) electrons. The molecule has 1 saturated heterocycles. The third kappa shape index (κ3) is 0.991. The molecule has 1 fully saturated rings. The lowest BCUT2D eigenvalue weighted by molar-refractivity contribution is 0.0933. The molecule has 1 aliphatic rings. The van der Waals surface area contributed by atoms with Crippen molar-refractivity contribution in [3.05, 3.63) is 0 Å². The Labute approximate surface area is 37.7 Å². The van der Waals surface area contributed by atoms with E-state index in [9.17, 15) is 0 Å². The normalized spacial score (nSPS) is 22.7. The molecule has 0 unspecified atom stereocenters. The molecule has 3 heteroatoms. The van der Waals surface area contributed by atoms with Gasteiger partial charge in [-0.25, -0.2) is 0 Å². The van der Waals surface area contributed by atoms with Crippen molar-refractivity contribution in [3.63, 3.8) is 0 Å². The molecule has 2 nitrogen and oxygen atoms in total. The van der Waals surface area contributed by atoms with E-state index < -0.39 is 0 Å². The second-order valence-electron chi connectivity index (χ2n) is 1.11. The Hall–Kier alpha value is -0.0151. The second-order valence-corrected chi connectivity index (χ2v) is 1.11. The molecule has 1 aliphatic heterocycles. The van der Waals surface area contributed by atoms with Gasteiger partial charge in [-0.2, -0.15) is 0 Å². The first-order valence-corrected chi connectivity index (χ1v) is 2.01. The van der Waals surface area contributed by atoms with Crippen molar-refractivity contribution in [2.24, 2.45) is 0 Å². The SMILES string of the molecule is [B]1COCCO1. The van der Waals surface area contributed by atoms with Crippen molar-refractivity contribution in [1.29, 1.82) is 0 Å². The topological polar surface area (TPSA) is 18.5 Å². The van der Waals surface area contributed by atoms with Crippen LogP contribution >= 0.6 is 0 Å². The Morgan fingerprint density at radius 3 is 2.50 bits per heavy atom. The van der Waals surface area contributed by atoms with E-state index in [2.05, 4.69) is 0 Å². The largest absolute Gasteiger partial charge is 0.435 e. The molecule has 0 aromatic carbocycles. The molecule has 0 amide bonds. The van der Waals surface area contributed by atoms with Gasteiger partial charge in [0.2, 0.25) is 0 Å². The predicted molar refractivity (Wildman–Crippen MR) is 22.5 cm³/mol. The van der Waals surface area contributed by atoms with Crippen LogP contribution < -0.4 is 0 Å². The van der Waals surface area contributed by atoms with Crippen molar-refractivity contribution < 1.29 is 9.39 Å². The zero-order valence-corrected chi connectivity index (χ0v) is 3.52. The lowest BCUT2D eigenvalue weighted by atomic mass is 10.0. The first kappa shape index (κ1) is 4.15. The van der Waals surface area contributed by atoms with Crippen LogP contribution in [0.4, 0.5) is 0 Å². The van der Waals surface area contributed by atoms with E-state index >= 15 is 0 Å². The van der Waals surface area contributed by atoms with Crippen LogP contribution in [0.2, 0.25) is 0 Å². The van der Waals surface area contributed by atoms with Gasteiger partial charge < -0.3 is 9.39 Å². The van der Waals surface area contributed by atoms with Gasteiger partial charge in [-0.05, 0) is 0 Å². The maximum Gasteiger partial charge on any atom is 0.320 e. The Kier molecular flexibility index (Phi) is 1.53. The molecular weight excluding hydrogens is 78.8 g/mol. The summed E-state index contributed by atoms with van der Waals surface area (Å²) < 4.78 is 9.71. The van der Waals surface area contributed by atoms with E-state index in [0.29, 0.717) is 6.51 Å². The van der Waals surface area contributed by atoms with Crippen LogP contribution in [0.5, 0.6) is 0 Å². The van der Waals surface area contributed by atoms with Crippen LogP contribution in [0.15, 0.2) is 0 Å². The summed E-state index contributed by atoms with van der Waals surface area (Å²) >= 11 is 0. The standard InChI is InChI=1S/C3H6BO2/c1-2-6-4-3-5-1/h1-3H2. The highest BCUT2D eigenvalue weighted by molar-refractivity contribution is 6.26. The average Bonchev–Trinajstić information content (AvgIpc) is 1.72. The van der Waals surface area contributed by atoms with E-state index in [1.807, 2.05) is 0 Å². The van der Waals surface area contributed by atoms with Gasteiger partial charge in [-0.15, -0.1) is 0 Å². The van der Waals surface area contributed by atoms with Crippen molar-refractivity contribution in [2.75, 3.05) is 19.7 Å². The van der Waals surface area contributed by atoms with Crippen molar-refractivity contribution in [2.45, 2.75) is 0 Å². The van der Waals surface area contributed by atoms with E-state index in [1.54, 1.807) is 7.48 Å². The molecule has 6 heavy (non-hydrogen) atoms. The van der Waals surface area contributed by atoms with Crippen LogP contribution in [-0.2, 0) is 9.39 Å². The monoisotopic (exact) mass is 85.0 g/mol. The summed E-state index contributed by atoms with van der Waals surface area (Å²) in [5.74, 6) is 0. The fourth-order valence-corrected chi connectivity index (χ4v) is 0.370. The smallest absolute Gasteiger partial charge is 0.320 e. The Bertz CT molecular complexity index is 24.3. The minimum absolute atomic E-state index is 0.653. The third-order valence-electron chi connectivity index (χ3n) is 0.649. The van der Waals surface area contributed by atoms with Crippen LogP contribution in [-0.4, -0.2) is 27.2 Å². The first-order valence-electron chi connectivity index (χ1n) is 2.01. The summed E-state index contributed by atoms with van der Waals surface area (Å²) in [7, 11) is 1.67. The third-order valence-corrected chi connectivity index (χ3v) is 0.649. The molecule has 33 valence electrons. The summed E-state index contributed by atoms with van der Waals surface area (Å²) in [5, 5.41) is 0. The van der Waals surface area contributed by atoms with Crippen molar-refractivity contribution >= 4 is 7.48 Å². The highest BCUT2D eigenvalue weighted by Gasteiger charge is 1.97. The van der Waals surface area contributed by atoms with Crippen LogP contribution in [0.3, 0.4) is 0 Å². The first-order chi connectivity index (χ1) is 3.00. The van der Waals surface area contributed by atoms with Gasteiger partial charge in [-0.1, -0.05) is 0 Å². The molecule has 0 aromatic rings. The van der Waals surface area contributed by atoms with Crippen LogP contribution in [0.25, 0.3) is 0 Å². The zero-order chi connectivity index (χ0) is 4.24. The van der Waals surface area contributed by atoms with Crippen molar-refractivity contribution in [3.8, 4) is 0 Å². The quantitative estimate of drug-likeness (QED) is 0.373. The second kappa shape index (κ2) is 2.21. The molecule has 0 atom stereocenters. The van der Waals surface area contributed by atoms with E-state index in [1.165, 1.54) is 0 Å². The van der Waals surface area contributed by atoms with Gasteiger partial charge in [0.05, 0.1) is 13.2 Å². The summed E-state index contributed by atoms with van der Waals surface area (Å²) in [5.41, 5.74) is 0. The minimum Gasteiger partial charge on any atom is -0.435 e. The summed E-state index contributed by atoms with van der Waals surface area (Å²) in [4.78, 5) is 0. The highest BCUT2D eigenvalue weighted by Crippen LogP contribution is 1.82. The van der Waals surface area contributed by atoms with Crippen molar-refractivity contribution in [1.82, 2.24) is 0 Å². The molecule has 0 saturated carbocycles. The maximum atomic E-state index is 4.89. The molecule has 0 spiro atoms. The fraction of sp³-hybridized carbons (Fsp3) is 1.00. The Morgan fingerprint density at radius 1 is 1.33 bits per heavy atom. The summed E-state index contributed by atoms with van der Waals surface area (Å²) in [6.07, 6.45) is 0. The molecule has 0 aliphatic carbocycles. The molecule has 1 rings (SSSR count). The van der Waals surface area contributed by atoms with Gasteiger partial charge in [0, 0.05) is 6.51 Å². The van der Waals surface area contributed by atoms with Gasteiger partial charge in [0.1, 0.15) is 0 Å². The van der Waals surface area contributed by atoms with Gasteiger partial charge in [-0.3, -0.25) is 0 Å². The lowest BCUT2D eigenvalue weighted by Crippen LogP contribution is -2.19. The molecule has 1 heterocycles. The van der Waals surface area contributed by atoms with Crippen LogP contribution in [0, 0.1) is 0 Å². The Morgan fingerprint density at radius 2 is 2.33 bits per heavy atom. The maximum absolute atomic E-state index is 4.89. The number of rotatable bonds is 0. The van der Waals surface area contributed by atoms with E-state index in [4.69, 9.17) is 9.39 Å². The number of hydrogen-bond acceptors (Lipinski definition) is 2. The average molecular weight is 84.9 g/mol. The van der Waals surface area contributed by atoms with E-state index in [-0.39, 0.29) is 0 Å². The summed E-state index contributed by atoms with van der Waals surface area (Å²) in [6, 6.07) is 0. The van der Waals surface area contributed by atoms with E-state index in [0.717, 1.165) is 13.2 Å². The predicted octanol–water partition coefficient (Wildman–Crippen LogP) is -0.390. The number of ether oxygens (including phenoxy) is 1.